The van der Waals surface area contributed by atoms with Gasteiger partial charge in [-0.3, -0.25) is 4.68 Å². The molecular weight excluding hydrogens is 286 g/mol. The number of rotatable bonds is 6. The Bertz CT molecular complexity index is 419. The fourth-order valence-corrected chi connectivity index (χ4v) is 3.78. The summed E-state index contributed by atoms with van der Waals surface area (Å²) >= 11 is 6.42. The lowest BCUT2D eigenvalue weighted by atomic mass is 9.84. The molecule has 5 heteroatoms. The van der Waals surface area contributed by atoms with E-state index in [2.05, 4.69) is 17.3 Å². The Kier molecular flexibility index (Phi) is 6.08. The van der Waals surface area contributed by atoms with Gasteiger partial charge in [0.1, 0.15) is 0 Å². The van der Waals surface area contributed by atoms with Crippen LogP contribution in [0.25, 0.3) is 0 Å². The highest BCUT2D eigenvalue weighted by Gasteiger charge is 2.42. The first-order chi connectivity index (χ1) is 10.1. The Morgan fingerprint density at radius 2 is 2.05 bits per heavy atom. The van der Waals surface area contributed by atoms with Gasteiger partial charge < -0.3 is 10.1 Å². The number of methoxy groups -OCH3 is 1. The molecule has 21 heavy (non-hydrogen) atoms. The Morgan fingerprint density at radius 3 is 2.52 bits per heavy atom. The molecule has 1 saturated carbocycles. The molecule has 1 aromatic rings. The molecule has 0 aromatic carbocycles. The molecule has 0 spiro atoms. The number of nitrogens with zero attached hydrogens (tertiary/aromatic N) is 2. The second-order valence-corrected chi connectivity index (χ2v) is 6.48. The topological polar surface area (TPSA) is 39.1 Å². The third-order valence-corrected chi connectivity index (χ3v) is 4.98. The van der Waals surface area contributed by atoms with Crippen LogP contribution in [0.4, 0.5) is 0 Å². The van der Waals surface area contributed by atoms with Gasteiger partial charge in [0.2, 0.25) is 0 Å². The molecular formula is C16H28ClN3O. The van der Waals surface area contributed by atoms with E-state index in [0.29, 0.717) is 0 Å². The second kappa shape index (κ2) is 7.61. The maximum atomic E-state index is 6.42. The SMILES string of the molecule is CCCNC(c1c(Cl)cnn1C)C1(OC)CCCCCC1. The standard InChI is InChI=1S/C16H28ClN3O/c1-4-11-18-15(14-13(17)12-19-20(14)2)16(21-3)9-7-5-6-8-10-16/h12,15,18H,4-11H2,1-3H3. The van der Waals surface area contributed by atoms with E-state index in [0.717, 1.165) is 36.5 Å². The van der Waals surface area contributed by atoms with Crippen molar-refractivity contribution in [1.29, 1.82) is 0 Å². The molecule has 0 saturated heterocycles. The molecule has 0 bridgehead atoms. The number of hydrogen-bond acceptors (Lipinski definition) is 3. The zero-order chi connectivity index (χ0) is 15.3. The largest absolute Gasteiger partial charge is 0.376 e. The second-order valence-electron chi connectivity index (χ2n) is 6.07. The van der Waals surface area contributed by atoms with Crippen LogP contribution in [-0.4, -0.2) is 29.0 Å². The first-order valence-electron chi connectivity index (χ1n) is 8.10. The molecule has 1 aliphatic rings. The summed E-state index contributed by atoms with van der Waals surface area (Å²) < 4.78 is 7.98. The minimum absolute atomic E-state index is 0.0977. The van der Waals surface area contributed by atoms with Gasteiger partial charge in [0, 0.05) is 14.2 Å². The van der Waals surface area contributed by atoms with E-state index in [1.54, 1.807) is 6.20 Å². The van der Waals surface area contributed by atoms with Crippen molar-refractivity contribution in [1.82, 2.24) is 15.1 Å². The van der Waals surface area contributed by atoms with Crippen LogP contribution in [0.3, 0.4) is 0 Å². The summed E-state index contributed by atoms with van der Waals surface area (Å²) in [5, 5.41) is 8.72. The summed E-state index contributed by atoms with van der Waals surface area (Å²) in [6.45, 7) is 3.14. The maximum Gasteiger partial charge on any atom is 0.0888 e. The average Bonchev–Trinajstić information content (AvgIpc) is 2.71. The molecule has 1 fully saturated rings. The van der Waals surface area contributed by atoms with Crippen LogP contribution in [0.5, 0.6) is 0 Å². The van der Waals surface area contributed by atoms with Gasteiger partial charge >= 0.3 is 0 Å². The van der Waals surface area contributed by atoms with E-state index in [1.165, 1.54) is 25.7 Å². The van der Waals surface area contributed by atoms with Gasteiger partial charge in [0.15, 0.2) is 0 Å². The number of aryl methyl sites for hydroxylation is 1. The zero-order valence-corrected chi connectivity index (χ0v) is 14.2. The van der Waals surface area contributed by atoms with E-state index >= 15 is 0 Å². The minimum Gasteiger partial charge on any atom is -0.376 e. The minimum atomic E-state index is -0.177. The van der Waals surface area contributed by atoms with Crippen LogP contribution in [0.1, 0.15) is 63.6 Å². The average molecular weight is 314 g/mol. The van der Waals surface area contributed by atoms with Crippen LogP contribution < -0.4 is 5.32 Å². The normalized spacial score (nSPS) is 20.2. The molecule has 1 N–H and O–H groups in total. The van der Waals surface area contributed by atoms with Crippen LogP contribution in [0.15, 0.2) is 6.20 Å². The monoisotopic (exact) mass is 313 g/mol. The molecule has 4 nitrogen and oxygen atoms in total. The van der Waals surface area contributed by atoms with Crippen molar-refractivity contribution in [2.24, 2.45) is 7.05 Å². The van der Waals surface area contributed by atoms with Gasteiger partial charge in [-0.15, -0.1) is 0 Å². The quantitative estimate of drug-likeness (QED) is 0.811. The molecule has 1 aromatic heterocycles. The van der Waals surface area contributed by atoms with Crippen LogP contribution in [0.2, 0.25) is 5.02 Å². The zero-order valence-electron chi connectivity index (χ0n) is 13.5. The maximum absolute atomic E-state index is 6.42. The highest BCUT2D eigenvalue weighted by molar-refractivity contribution is 6.31. The highest BCUT2D eigenvalue weighted by atomic mass is 35.5. The van der Waals surface area contributed by atoms with E-state index in [-0.39, 0.29) is 11.6 Å². The van der Waals surface area contributed by atoms with E-state index < -0.39 is 0 Å². The van der Waals surface area contributed by atoms with Gasteiger partial charge in [-0.2, -0.15) is 5.10 Å². The molecule has 0 radical (unpaired) electrons. The van der Waals surface area contributed by atoms with Crippen molar-refractivity contribution in [3.8, 4) is 0 Å². The first kappa shape index (κ1) is 16.8. The molecule has 1 unspecified atom stereocenters. The summed E-state index contributed by atoms with van der Waals surface area (Å²) in [5.41, 5.74) is 0.872. The fraction of sp³-hybridized carbons (Fsp3) is 0.812. The Balaban J connectivity index is 2.37. The van der Waals surface area contributed by atoms with E-state index in [4.69, 9.17) is 16.3 Å². The van der Waals surface area contributed by atoms with Crippen molar-refractivity contribution < 1.29 is 4.74 Å². The first-order valence-corrected chi connectivity index (χ1v) is 8.48. The highest BCUT2D eigenvalue weighted by Crippen LogP contribution is 2.41. The number of aromatic nitrogens is 2. The summed E-state index contributed by atoms with van der Waals surface area (Å²) in [5.74, 6) is 0. The van der Waals surface area contributed by atoms with Crippen LogP contribution in [0, 0.1) is 0 Å². The third-order valence-electron chi connectivity index (χ3n) is 4.69. The lowest BCUT2D eigenvalue weighted by Crippen LogP contribution is -2.46. The Labute approximate surface area is 133 Å². The van der Waals surface area contributed by atoms with E-state index in [1.807, 2.05) is 18.8 Å². The molecule has 0 aliphatic heterocycles. The predicted octanol–water partition coefficient (Wildman–Crippen LogP) is 3.85. The van der Waals surface area contributed by atoms with Crippen molar-refractivity contribution >= 4 is 11.6 Å². The van der Waals surface area contributed by atoms with Crippen molar-refractivity contribution in [2.45, 2.75) is 63.5 Å². The number of nitrogens with one attached hydrogen (secondary N) is 1. The van der Waals surface area contributed by atoms with Gasteiger partial charge in [0.25, 0.3) is 0 Å². The van der Waals surface area contributed by atoms with Crippen molar-refractivity contribution in [2.75, 3.05) is 13.7 Å². The molecule has 0 amide bonds. The fourth-order valence-electron chi connectivity index (χ4n) is 3.50. The molecule has 1 aliphatic carbocycles. The summed E-state index contributed by atoms with van der Waals surface area (Å²) in [4.78, 5) is 0. The van der Waals surface area contributed by atoms with Gasteiger partial charge in [0.05, 0.1) is 28.6 Å². The molecule has 1 atom stereocenters. The Hall–Kier alpha value is -0.580. The third kappa shape index (κ3) is 3.61. The number of hydrogen-bond donors (Lipinski definition) is 1. The van der Waals surface area contributed by atoms with Crippen LogP contribution >= 0.6 is 11.6 Å². The summed E-state index contributed by atoms with van der Waals surface area (Å²) in [6, 6.07) is 0.0977. The van der Waals surface area contributed by atoms with Gasteiger partial charge in [-0.25, -0.2) is 0 Å². The number of ether oxygens (including phenoxy) is 1. The molecule has 1 heterocycles. The predicted molar refractivity (Wildman–Crippen MR) is 86.7 cm³/mol. The molecule has 120 valence electrons. The van der Waals surface area contributed by atoms with Crippen molar-refractivity contribution in [3.05, 3.63) is 16.9 Å². The summed E-state index contributed by atoms with van der Waals surface area (Å²) in [6.07, 6.45) is 10.00. The lowest BCUT2D eigenvalue weighted by molar-refractivity contribution is -0.0558. The Morgan fingerprint density at radius 1 is 1.38 bits per heavy atom. The van der Waals surface area contributed by atoms with Crippen LogP contribution in [-0.2, 0) is 11.8 Å². The van der Waals surface area contributed by atoms with Crippen molar-refractivity contribution in [3.63, 3.8) is 0 Å². The smallest absolute Gasteiger partial charge is 0.0888 e. The van der Waals surface area contributed by atoms with Gasteiger partial charge in [-0.1, -0.05) is 44.2 Å². The molecule has 2 rings (SSSR count). The number of halogens is 1. The summed E-state index contributed by atoms with van der Waals surface area (Å²) in [7, 11) is 3.80. The lowest BCUT2D eigenvalue weighted by Gasteiger charge is -2.40. The van der Waals surface area contributed by atoms with E-state index in [9.17, 15) is 0 Å². The van der Waals surface area contributed by atoms with Gasteiger partial charge in [-0.05, 0) is 25.8 Å².